The number of aliphatic carboxylic acids is 1. The number of aryl methyl sites for hydroxylation is 1. The van der Waals surface area contributed by atoms with Crippen LogP contribution < -0.4 is 5.73 Å². The first kappa shape index (κ1) is 15.2. The van der Waals surface area contributed by atoms with Crippen molar-refractivity contribution < 1.29 is 14.7 Å². The standard InChI is InChI=1S/C14H20N2O3/c1-9-4-6-11(7-5-9)10(2)16(3)14(19)12(15)8-13(17)18/h4-7,10,12H,8,15H2,1-3H3,(H,17,18). The summed E-state index contributed by atoms with van der Waals surface area (Å²) in [5.41, 5.74) is 7.72. The van der Waals surface area contributed by atoms with Crippen LogP contribution in [0.2, 0.25) is 0 Å². The molecule has 5 heteroatoms. The summed E-state index contributed by atoms with van der Waals surface area (Å²) in [5, 5.41) is 8.65. The largest absolute Gasteiger partial charge is 0.481 e. The number of amides is 1. The van der Waals surface area contributed by atoms with Gasteiger partial charge in [0.2, 0.25) is 5.91 Å². The lowest BCUT2D eigenvalue weighted by atomic mass is 10.0. The second-order valence-electron chi connectivity index (χ2n) is 4.74. The van der Waals surface area contributed by atoms with Gasteiger partial charge in [0, 0.05) is 7.05 Å². The van der Waals surface area contributed by atoms with Crippen molar-refractivity contribution in [3.63, 3.8) is 0 Å². The summed E-state index contributed by atoms with van der Waals surface area (Å²) in [7, 11) is 1.63. The number of nitrogens with two attached hydrogens (primary N) is 1. The van der Waals surface area contributed by atoms with Crippen LogP contribution in [0.25, 0.3) is 0 Å². The molecule has 1 amide bonds. The fraction of sp³-hybridized carbons (Fsp3) is 0.429. The lowest BCUT2D eigenvalue weighted by Gasteiger charge is -2.27. The highest BCUT2D eigenvalue weighted by Crippen LogP contribution is 2.19. The Labute approximate surface area is 113 Å². The highest BCUT2D eigenvalue weighted by molar-refractivity contribution is 5.86. The van der Waals surface area contributed by atoms with Crippen molar-refractivity contribution >= 4 is 11.9 Å². The average molecular weight is 264 g/mol. The second-order valence-corrected chi connectivity index (χ2v) is 4.74. The van der Waals surface area contributed by atoms with E-state index >= 15 is 0 Å². The number of carbonyl (C=O) groups excluding carboxylic acids is 1. The minimum Gasteiger partial charge on any atom is -0.481 e. The van der Waals surface area contributed by atoms with Gasteiger partial charge in [-0.05, 0) is 19.4 Å². The van der Waals surface area contributed by atoms with E-state index in [2.05, 4.69) is 0 Å². The first-order chi connectivity index (χ1) is 8.82. The van der Waals surface area contributed by atoms with E-state index in [0.29, 0.717) is 0 Å². The maximum absolute atomic E-state index is 12.0. The third kappa shape index (κ3) is 4.06. The molecule has 0 aromatic heterocycles. The summed E-state index contributed by atoms with van der Waals surface area (Å²) in [5.74, 6) is -1.44. The maximum atomic E-state index is 12.0. The Hall–Kier alpha value is -1.88. The van der Waals surface area contributed by atoms with Gasteiger partial charge in [0.1, 0.15) is 0 Å². The number of nitrogens with zero attached hydrogens (tertiary/aromatic N) is 1. The molecule has 0 saturated heterocycles. The summed E-state index contributed by atoms with van der Waals surface area (Å²) in [6.45, 7) is 3.88. The van der Waals surface area contributed by atoms with E-state index < -0.39 is 12.0 Å². The molecule has 0 saturated carbocycles. The van der Waals surface area contributed by atoms with Crippen molar-refractivity contribution in [2.24, 2.45) is 5.73 Å². The fourth-order valence-corrected chi connectivity index (χ4v) is 1.80. The maximum Gasteiger partial charge on any atom is 0.305 e. The summed E-state index contributed by atoms with van der Waals surface area (Å²) in [4.78, 5) is 24.0. The quantitative estimate of drug-likeness (QED) is 0.840. The van der Waals surface area contributed by atoms with Crippen LogP contribution in [0.4, 0.5) is 0 Å². The number of benzene rings is 1. The molecule has 0 heterocycles. The molecule has 2 atom stereocenters. The normalized spacial score (nSPS) is 13.7. The van der Waals surface area contributed by atoms with Gasteiger partial charge < -0.3 is 15.7 Å². The highest BCUT2D eigenvalue weighted by atomic mass is 16.4. The molecule has 3 N–H and O–H groups in total. The molecule has 0 spiro atoms. The van der Waals surface area contributed by atoms with Gasteiger partial charge in [0.05, 0.1) is 18.5 Å². The van der Waals surface area contributed by atoms with Crippen LogP contribution in [-0.4, -0.2) is 35.0 Å². The van der Waals surface area contributed by atoms with Gasteiger partial charge in [-0.1, -0.05) is 29.8 Å². The Kier molecular flexibility index (Phi) is 5.06. The predicted molar refractivity (Wildman–Crippen MR) is 72.6 cm³/mol. The Morgan fingerprint density at radius 2 is 1.84 bits per heavy atom. The van der Waals surface area contributed by atoms with Gasteiger partial charge in [-0.15, -0.1) is 0 Å². The van der Waals surface area contributed by atoms with E-state index in [0.717, 1.165) is 11.1 Å². The topological polar surface area (TPSA) is 83.6 Å². The molecule has 0 aliphatic carbocycles. The van der Waals surface area contributed by atoms with Crippen molar-refractivity contribution in [2.45, 2.75) is 32.4 Å². The third-order valence-corrected chi connectivity index (χ3v) is 3.20. The molecular weight excluding hydrogens is 244 g/mol. The zero-order valence-electron chi connectivity index (χ0n) is 11.5. The molecule has 1 rings (SSSR count). The molecule has 0 aliphatic heterocycles. The van der Waals surface area contributed by atoms with Crippen molar-refractivity contribution in [1.82, 2.24) is 4.90 Å². The Morgan fingerprint density at radius 1 is 1.32 bits per heavy atom. The minimum atomic E-state index is -1.07. The minimum absolute atomic E-state index is 0.145. The molecule has 0 bridgehead atoms. The smallest absolute Gasteiger partial charge is 0.305 e. The Bertz CT molecular complexity index is 456. The van der Waals surface area contributed by atoms with Crippen molar-refractivity contribution in [2.75, 3.05) is 7.05 Å². The SMILES string of the molecule is Cc1ccc(C(C)N(C)C(=O)C(N)CC(=O)O)cc1. The van der Waals surface area contributed by atoms with Crippen LogP contribution >= 0.6 is 0 Å². The molecule has 0 aliphatic rings. The molecular formula is C14H20N2O3. The summed E-state index contributed by atoms with van der Waals surface area (Å²) in [6, 6.07) is 6.70. The lowest BCUT2D eigenvalue weighted by molar-refractivity contribution is -0.142. The van der Waals surface area contributed by atoms with Gasteiger partial charge in [-0.3, -0.25) is 9.59 Å². The van der Waals surface area contributed by atoms with E-state index in [9.17, 15) is 9.59 Å². The van der Waals surface area contributed by atoms with Crippen LogP contribution in [0.15, 0.2) is 24.3 Å². The first-order valence-corrected chi connectivity index (χ1v) is 6.13. The molecule has 0 fully saturated rings. The number of hydrogen-bond donors (Lipinski definition) is 2. The Balaban J connectivity index is 2.76. The van der Waals surface area contributed by atoms with Crippen LogP contribution in [0.1, 0.15) is 30.5 Å². The van der Waals surface area contributed by atoms with Crippen molar-refractivity contribution in [1.29, 1.82) is 0 Å². The first-order valence-electron chi connectivity index (χ1n) is 6.13. The zero-order valence-corrected chi connectivity index (χ0v) is 11.5. The fourth-order valence-electron chi connectivity index (χ4n) is 1.80. The summed E-state index contributed by atoms with van der Waals surface area (Å²) in [6.07, 6.45) is -0.357. The van der Waals surface area contributed by atoms with E-state index in [1.54, 1.807) is 7.05 Å². The van der Waals surface area contributed by atoms with Gasteiger partial charge in [0.15, 0.2) is 0 Å². The third-order valence-electron chi connectivity index (χ3n) is 3.20. The van der Waals surface area contributed by atoms with Gasteiger partial charge in [-0.25, -0.2) is 0 Å². The molecule has 19 heavy (non-hydrogen) atoms. The number of carbonyl (C=O) groups is 2. The molecule has 0 radical (unpaired) electrons. The van der Waals surface area contributed by atoms with E-state index in [-0.39, 0.29) is 18.4 Å². The van der Waals surface area contributed by atoms with Crippen LogP contribution in [0.5, 0.6) is 0 Å². The molecule has 5 nitrogen and oxygen atoms in total. The Morgan fingerprint density at radius 3 is 2.32 bits per heavy atom. The lowest BCUT2D eigenvalue weighted by Crippen LogP contribution is -2.43. The van der Waals surface area contributed by atoms with Crippen LogP contribution in [0.3, 0.4) is 0 Å². The van der Waals surface area contributed by atoms with E-state index in [4.69, 9.17) is 10.8 Å². The van der Waals surface area contributed by atoms with Gasteiger partial charge >= 0.3 is 5.97 Å². The van der Waals surface area contributed by atoms with Crippen LogP contribution in [0, 0.1) is 6.92 Å². The average Bonchev–Trinajstić information content (AvgIpc) is 2.36. The monoisotopic (exact) mass is 264 g/mol. The molecule has 1 aromatic rings. The number of likely N-dealkylation sites (N-methyl/N-ethyl adjacent to an activating group) is 1. The number of hydrogen-bond acceptors (Lipinski definition) is 3. The highest BCUT2D eigenvalue weighted by Gasteiger charge is 2.24. The van der Waals surface area contributed by atoms with Crippen molar-refractivity contribution in [3.8, 4) is 0 Å². The zero-order chi connectivity index (χ0) is 14.6. The van der Waals surface area contributed by atoms with Crippen molar-refractivity contribution in [3.05, 3.63) is 35.4 Å². The van der Waals surface area contributed by atoms with Crippen LogP contribution in [-0.2, 0) is 9.59 Å². The van der Waals surface area contributed by atoms with E-state index in [1.165, 1.54) is 4.90 Å². The molecule has 1 aromatic carbocycles. The number of carboxylic acid groups (broad SMARTS) is 1. The van der Waals surface area contributed by atoms with E-state index in [1.807, 2.05) is 38.1 Å². The summed E-state index contributed by atoms with van der Waals surface area (Å²) < 4.78 is 0. The second kappa shape index (κ2) is 6.33. The number of carboxylic acids is 1. The summed E-state index contributed by atoms with van der Waals surface area (Å²) >= 11 is 0. The molecule has 2 unspecified atom stereocenters. The number of rotatable bonds is 5. The predicted octanol–water partition coefficient (Wildman–Crippen LogP) is 1.32. The van der Waals surface area contributed by atoms with Gasteiger partial charge in [-0.2, -0.15) is 0 Å². The van der Waals surface area contributed by atoms with Gasteiger partial charge in [0.25, 0.3) is 0 Å². The molecule has 104 valence electrons.